The Labute approximate surface area is 126 Å². The average Bonchev–Trinajstić information content (AvgIpc) is 2.58. The molecule has 1 aliphatic heterocycles. The lowest BCUT2D eigenvalue weighted by atomic mass is 9.86. The van der Waals surface area contributed by atoms with Gasteiger partial charge < -0.3 is 10.2 Å². The van der Waals surface area contributed by atoms with Crippen LogP contribution >= 0.6 is 23.2 Å². The van der Waals surface area contributed by atoms with Crippen LogP contribution in [0.3, 0.4) is 0 Å². The van der Waals surface area contributed by atoms with Gasteiger partial charge in [0.2, 0.25) is 0 Å². The first-order valence-electron chi connectivity index (χ1n) is 6.81. The minimum atomic E-state index is 0.249. The van der Waals surface area contributed by atoms with Crippen molar-refractivity contribution < 1.29 is 0 Å². The molecular formula is C15H22Cl2N2. The van der Waals surface area contributed by atoms with Gasteiger partial charge in [-0.3, -0.25) is 0 Å². The molecule has 2 nitrogen and oxygen atoms in total. The molecule has 0 saturated carbocycles. The van der Waals surface area contributed by atoms with Crippen LogP contribution in [0.15, 0.2) is 18.2 Å². The zero-order chi connectivity index (χ0) is 14.0. The van der Waals surface area contributed by atoms with Gasteiger partial charge in [-0.05, 0) is 36.6 Å². The van der Waals surface area contributed by atoms with E-state index >= 15 is 0 Å². The number of halogens is 2. The molecule has 0 aromatic heterocycles. The number of hydrogen-bond acceptors (Lipinski definition) is 2. The Bertz CT molecular complexity index is 440. The molecule has 1 N–H and O–H groups in total. The number of hydrogen-bond donors (Lipinski definition) is 1. The summed E-state index contributed by atoms with van der Waals surface area (Å²) < 4.78 is 0. The summed E-state index contributed by atoms with van der Waals surface area (Å²) in [5.74, 6) is 0. The quantitative estimate of drug-likeness (QED) is 0.836. The Hall–Kier alpha value is -0.440. The molecule has 2 rings (SSSR count). The average molecular weight is 301 g/mol. The normalized spacial score (nSPS) is 21.3. The predicted octanol–water partition coefficient (Wildman–Crippen LogP) is 4.21. The Morgan fingerprint density at radius 3 is 2.58 bits per heavy atom. The zero-order valence-corrected chi connectivity index (χ0v) is 13.4. The fraction of sp³-hybridized carbons (Fsp3) is 0.600. The van der Waals surface area contributed by atoms with Crippen molar-refractivity contribution in [2.24, 2.45) is 5.41 Å². The number of benzene rings is 1. The van der Waals surface area contributed by atoms with E-state index in [-0.39, 0.29) is 5.41 Å². The monoisotopic (exact) mass is 300 g/mol. The molecule has 1 aromatic rings. The van der Waals surface area contributed by atoms with Crippen LogP contribution in [0, 0.1) is 5.41 Å². The highest BCUT2D eigenvalue weighted by Gasteiger charge is 2.28. The second kappa shape index (κ2) is 5.90. The molecule has 0 radical (unpaired) electrons. The number of nitrogens with one attached hydrogen (secondary N) is 1. The van der Waals surface area contributed by atoms with Crippen molar-refractivity contribution in [1.82, 2.24) is 5.32 Å². The molecule has 19 heavy (non-hydrogen) atoms. The second-order valence-electron chi connectivity index (χ2n) is 6.27. The molecule has 1 heterocycles. The zero-order valence-electron chi connectivity index (χ0n) is 11.8. The van der Waals surface area contributed by atoms with E-state index in [1.54, 1.807) is 0 Å². The molecule has 1 aliphatic rings. The van der Waals surface area contributed by atoms with Crippen molar-refractivity contribution in [2.45, 2.75) is 33.2 Å². The third-order valence-electron chi connectivity index (χ3n) is 3.71. The Balaban J connectivity index is 2.20. The smallest absolute Gasteiger partial charge is 0.0612 e. The van der Waals surface area contributed by atoms with Gasteiger partial charge in [0.15, 0.2) is 0 Å². The summed E-state index contributed by atoms with van der Waals surface area (Å²) in [6, 6.07) is 6.38. The molecule has 1 fully saturated rings. The lowest BCUT2D eigenvalue weighted by Gasteiger charge is -2.34. The highest BCUT2D eigenvalue weighted by Crippen LogP contribution is 2.29. The van der Waals surface area contributed by atoms with Gasteiger partial charge in [0.1, 0.15) is 0 Å². The Kier molecular flexibility index (Phi) is 4.65. The number of rotatable bonds is 1. The largest absolute Gasteiger partial charge is 0.370 e. The van der Waals surface area contributed by atoms with E-state index in [1.807, 2.05) is 12.1 Å². The van der Waals surface area contributed by atoms with E-state index in [4.69, 9.17) is 23.2 Å². The molecule has 1 aromatic carbocycles. The lowest BCUT2D eigenvalue weighted by Crippen LogP contribution is -2.46. The first-order valence-corrected chi connectivity index (χ1v) is 7.57. The molecule has 1 saturated heterocycles. The summed E-state index contributed by atoms with van der Waals surface area (Å²) in [6.07, 6.45) is 1.15. The van der Waals surface area contributed by atoms with Gasteiger partial charge in [-0.1, -0.05) is 44.0 Å². The van der Waals surface area contributed by atoms with Crippen LogP contribution in [0.1, 0.15) is 27.2 Å². The lowest BCUT2D eigenvalue weighted by molar-refractivity contribution is 0.280. The van der Waals surface area contributed by atoms with Crippen molar-refractivity contribution in [1.29, 1.82) is 0 Å². The van der Waals surface area contributed by atoms with Gasteiger partial charge in [-0.2, -0.15) is 0 Å². The highest BCUT2D eigenvalue weighted by atomic mass is 35.5. The maximum absolute atomic E-state index is 6.13. The van der Waals surface area contributed by atoms with Crippen molar-refractivity contribution in [3.05, 3.63) is 28.2 Å². The van der Waals surface area contributed by atoms with Gasteiger partial charge in [0, 0.05) is 24.8 Å². The van der Waals surface area contributed by atoms with E-state index < -0.39 is 0 Å². The van der Waals surface area contributed by atoms with Gasteiger partial charge in [0.05, 0.1) is 10.0 Å². The van der Waals surface area contributed by atoms with Crippen molar-refractivity contribution >= 4 is 28.9 Å². The standard InChI is InChI=1S/C15H22Cl2N2/c1-15(2,3)14-10-19(8-4-7-18-14)11-5-6-12(16)13(17)9-11/h5-6,9,14,18H,4,7-8,10H2,1-3H3. The minimum absolute atomic E-state index is 0.249. The molecule has 0 bridgehead atoms. The molecule has 106 valence electrons. The summed E-state index contributed by atoms with van der Waals surface area (Å²) in [4.78, 5) is 2.40. The van der Waals surface area contributed by atoms with Crippen LogP contribution in [0.5, 0.6) is 0 Å². The first kappa shape index (κ1) is 15.0. The molecule has 1 unspecified atom stereocenters. The summed E-state index contributed by atoms with van der Waals surface area (Å²) in [6.45, 7) is 9.97. The molecule has 0 aliphatic carbocycles. The molecule has 0 spiro atoms. The van der Waals surface area contributed by atoms with E-state index in [1.165, 1.54) is 0 Å². The molecule has 4 heteroatoms. The topological polar surface area (TPSA) is 15.3 Å². The van der Waals surface area contributed by atoms with Gasteiger partial charge in [0.25, 0.3) is 0 Å². The summed E-state index contributed by atoms with van der Waals surface area (Å²) in [5.41, 5.74) is 1.41. The van der Waals surface area contributed by atoms with Crippen LogP contribution in [-0.2, 0) is 0 Å². The van der Waals surface area contributed by atoms with Crippen LogP contribution in [0.4, 0.5) is 5.69 Å². The number of nitrogens with zero attached hydrogens (tertiary/aromatic N) is 1. The van der Waals surface area contributed by atoms with Crippen LogP contribution < -0.4 is 10.2 Å². The first-order chi connectivity index (χ1) is 8.88. The minimum Gasteiger partial charge on any atom is -0.370 e. The van der Waals surface area contributed by atoms with Gasteiger partial charge in [-0.25, -0.2) is 0 Å². The second-order valence-corrected chi connectivity index (χ2v) is 7.09. The maximum atomic E-state index is 6.13. The van der Waals surface area contributed by atoms with Crippen LogP contribution in [0.25, 0.3) is 0 Å². The third-order valence-corrected chi connectivity index (χ3v) is 4.45. The third kappa shape index (κ3) is 3.77. The Morgan fingerprint density at radius 1 is 1.21 bits per heavy atom. The predicted molar refractivity (Wildman–Crippen MR) is 84.5 cm³/mol. The van der Waals surface area contributed by atoms with Crippen LogP contribution in [-0.4, -0.2) is 25.7 Å². The van der Waals surface area contributed by atoms with Crippen molar-refractivity contribution in [3.8, 4) is 0 Å². The van der Waals surface area contributed by atoms with Crippen molar-refractivity contribution in [3.63, 3.8) is 0 Å². The summed E-state index contributed by atoms with van der Waals surface area (Å²) in [7, 11) is 0. The fourth-order valence-corrected chi connectivity index (χ4v) is 2.71. The number of anilines is 1. The van der Waals surface area contributed by atoms with Gasteiger partial charge >= 0.3 is 0 Å². The van der Waals surface area contributed by atoms with E-state index in [2.05, 4.69) is 37.1 Å². The molecular weight excluding hydrogens is 279 g/mol. The van der Waals surface area contributed by atoms with E-state index in [0.717, 1.165) is 31.7 Å². The van der Waals surface area contributed by atoms with Gasteiger partial charge in [-0.15, -0.1) is 0 Å². The fourth-order valence-electron chi connectivity index (χ4n) is 2.42. The SMILES string of the molecule is CC(C)(C)C1CN(c2ccc(Cl)c(Cl)c2)CCCN1. The summed E-state index contributed by atoms with van der Waals surface area (Å²) in [5, 5.41) is 4.89. The van der Waals surface area contributed by atoms with Crippen LogP contribution in [0.2, 0.25) is 10.0 Å². The van der Waals surface area contributed by atoms with E-state index in [9.17, 15) is 0 Å². The molecule has 0 amide bonds. The summed E-state index contributed by atoms with van der Waals surface area (Å²) >= 11 is 12.1. The maximum Gasteiger partial charge on any atom is 0.0612 e. The Morgan fingerprint density at radius 2 is 1.95 bits per heavy atom. The highest BCUT2D eigenvalue weighted by molar-refractivity contribution is 6.42. The van der Waals surface area contributed by atoms with Crippen molar-refractivity contribution in [2.75, 3.05) is 24.5 Å². The molecule has 1 atom stereocenters. The van der Waals surface area contributed by atoms with E-state index in [0.29, 0.717) is 16.1 Å².